The van der Waals surface area contributed by atoms with Gasteiger partial charge in [0.25, 0.3) is 0 Å². The Morgan fingerprint density at radius 3 is 2.47 bits per heavy atom. The average molecular weight is 499 g/mol. The van der Waals surface area contributed by atoms with Gasteiger partial charge in [-0.15, -0.1) is 0 Å². The van der Waals surface area contributed by atoms with Crippen molar-refractivity contribution >= 4 is 29.1 Å². The molecule has 2 N–H and O–H groups in total. The number of aliphatic hydroxyl groups excluding tert-OH is 1. The minimum atomic E-state index is -0.584. The molecular weight excluding hydrogens is 467 g/mol. The number of hydrogen-bond acceptors (Lipinski definition) is 3. The van der Waals surface area contributed by atoms with Crippen LogP contribution in [0.4, 0.5) is 0 Å². The second kappa shape index (κ2) is 10.3. The number of hydrogen-bond donors (Lipinski definition) is 2. The van der Waals surface area contributed by atoms with Crippen molar-refractivity contribution < 1.29 is 9.90 Å². The summed E-state index contributed by atoms with van der Waals surface area (Å²) in [4.78, 5) is 13.3. The van der Waals surface area contributed by atoms with Crippen molar-refractivity contribution in [1.82, 2.24) is 5.32 Å². The minimum absolute atomic E-state index is 0.00768. The number of nitrogens with zero attached hydrogens (tertiary/aromatic N) is 1. The lowest BCUT2D eigenvalue weighted by atomic mass is 9.64. The Morgan fingerprint density at radius 2 is 1.82 bits per heavy atom. The van der Waals surface area contributed by atoms with Crippen molar-refractivity contribution in [3.05, 3.63) is 69.2 Å². The van der Waals surface area contributed by atoms with Crippen LogP contribution in [0.1, 0.15) is 74.5 Å². The zero-order valence-corrected chi connectivity index (χ0v) is 21.2. The Labute approximate surface area is 212 Å². The number of halogens is 2. The van der Waals surface area contributed by atoms with E-state index in [9.17, 15) is 15.2 Å². The van der Waals surface area contributed by atoms with E-state index in [-0.39, 0.29) is 36.3 Å². The second-order valence-electron chi connectivity index (χ2n) is 10.1. The first-order chi connectivity index (χ1) is 16.3. The maximum atomic E-state index is 13.3. The van der Waals surface area contributed by atoms with E-state index < -0.39 is 5.41 Å². The SMILES string of the molecule is C[C@@H]1CC[C@H](c2ccc(Cl)cc2)[C@H](c2ccc(C#N)cc2Cl)CC[C@@]2(CCO)C(=O)N[C@H](C)C12. The monoisotopic (exact) mass is 498 g/mol. The normalized spacial score (nSPS) is 31.5. The van der Waals surface area contributed by atoms with E-state index in [0.29, 0.717) is 34.4 Å². The van der Waals surface area contributed by atoms with Crippen molar-refractivity contribution in [2.24, 2.45) is 17.3 Å². The van der Waals surface area contributed by atoms with Crippen molar-refractivity contribution in [2.45, 2.75) is 63.8 Å². The van der Waals surface area contributed by atoms with Gasteiger partial charge in [-0.1, -0.05) is 48.3 Å². The highest BCUT2D eigenvalue weighted by Gasteiger charge is 2.55. The highest BCUT2D eigenvalue weighted by atomic mass is 35.5. The van der Waals surface area contributed by atoms with E-state index in [0.717, 1.165) is 24.8 Å². The van der Waals surface area contributed by atoms with Crippen LogP contribution in [0.2, 0.25) is 10.0 Å². The van der Waals surface area contributed by atoms with Gasteiger partial charge in [-0.05, 0) is 98.1 Å². The van der Waals surface area contributed by atoms with Crippen LogP contribution in [0.3, 0.4) is 0 Å². The molecule has 180 valence electrons. The van der Waals surface area contributed by atoms with E-state index in [1.807, 2.05) is 24.3 Å². The summed E-state index contributed by atoms with van der Waals surface area (Å²) in [6, 6.07) is 15.8. The molecule has 1 aliphatic heterocycles. The summed E-state index contributed by atoms with van der Waals surface area (Å²) >= 11 is 13.0. The van der Waals surface area contributed by atoms with Gasteiger partial charge >= 0.3 is 0 Å². The molecule has 1 amide bonds. The van der Waals surface area contributed by atoms with Crippen LogP contribution in [0, 0.1) is 28.6 Å². The molecule has 6 atom stereocenters. The lowest BCUT2D eigenvalue weighted by Gasteiger charge is -2.37. The summed E-state index contributed by atoms with van der Waals surface area (Å²) in [6.07, 6.45) is 3.84. The van der Waals surface area contributed by atoms with Gasteiger partial charge < -0.3 is 10.4 Å². The summed E-state index contributed by atoms with van der Waals surface area (Å²) < 4.78 is 0. The molecule has 0 radical (unpaired) electrons. The van der Waals surface area contributed by atoms with E-state index in [1.165, 1.54) is 5.56 Å². The molecule has 0 spiro atoms. The number of carbonyl (C=O) groups excluding carboxylic acids is 1. The maximum Gasteiger partial charge on any atom is 0.226 e. The van der Waals surface area contributed by atoms with Crippen molar-refractivity contribution in [1.29, 1.82) is 5.26 Å². The summed E-state index contributed by atoms with van der Waals surface area (Å²) in [5.41, 5.74) is 2.18. The number of amides is 1. The molecule has 2 aromatic carbocycles. The molecule has 1 saturated heterocycles. The van der Waals surface area contributed by atoms with Crippen LogP contribution in [0.5, 0.6) is 0 Å². The summed E-state index contributed by atoms with van der Waals surface area (Å²) in [5.74, 6) is 0.847. The third-order valence-corrected chi connectivity index (χ3v) is 8.89. The van der Waals surface area contributed by atoms with Gasteiger partial charge in [0.05, 0.1) is 17.0 Å². The summed E-state index contributed by atoms with van der Waals surface area (Å²) in [6.45, 7) is 4.34. The topological polar surface area (TPSA) is 73.1 Å². The van der Waals surface area contributed by atoms with Crippen LogP contribution in [-0.4, -0.2) is 23.7 Å². The third kappa shape index (κ3) is 4.59. The second-order valence-corrected chi connectivity index (χ2v) is 11.0. The molecule has 1 heterocycles. The predicted molar refractivity (Wildman–Crippen MR) is 136 cm³/mol. The Bertz CT molecular complexity index is 1080. The van der Waals surface area contributed by atoms with Crippen molar-refractivity contribution in [3.8, 4) is 6.07 Å². The molecule has 34 heavy (non-hydrogen) atoms. The first-order valence-electron chi connectivity index (χ1n) is 12.2. The van der Waals surface area contributed by atoms with E-state index in [4.69, 9.17) is 23.2 Å². The summed E-state index contributed by atoms with van der Waals surface area (Å²) in [5, 5.41) is 23.8. The molecule has 2 aliphatic rings. The molecule has 1 aliphatic carbocycles. The lowest BCUT2D eigenvalue weighted by molar-refractivity contribution is -0.131. The van der Waals surface area contributed by atoms with Gasteiger partial charge in [0.2, 0.25) is 5.91 Å². The highest BCUT2D eigenvalue weighted by molar-refractivity contribution is 6.31. The minimum Gasteiger partial charge on any atom is -0.396 e. The van der Waals surface area contributed by atoms with Crippen LogP contribution < -0.4 is 5.32 Å². The Balaban J connectivity index is 1.82. The van der Waals surface area contributed by atoms with Gasteiger partial charge in [0.1, 0.15) is 0 Å². The molecule has 4 rings (SSSR count). The number of aliphatic hydroxyl groups is 1. The van der Waals surface area contributed by atoms with Gasteiger partial charge in [-0.25, -0.2) is 0 Å². The molecule has 0 bridgehead atoms. The molecule has 4 nitrogen and oxygen atoms in total. The fourth-order valence-electron chi connectivity index (χ4n) is 6.81. The van der Waals surface area contributed by atoms with Crippen LogP contribution >= 0.6 is 23.2 Å². The first-order valence-corrected chi connectivity index (χ1v) is 12.9. The molecule has 2 fully saturated rings. The molecular formula is C28H32Cl2N2O2. The predicted octanol–water partition coefficient (Wildman–Crippen LogP) is 6.45. The molecule has 0 aromatic heterocycles. The van der Waals surface area contributed by atoms with Gasteiger partial charge in [-0.2, -0.15) is 5.26 Å². The quantitative estimate of drug-likeness (QED) is 0.508. The van der Waals surface area contributed by atoms with Gasteiger partial charge in [-0.3, -0.25) is 4.79 Å². The van der Waals surface area contributed by atoms with E-state index in [1.54, 1.807) is 6.07 Å². The largest absolute Gasteiger partial charge is 0.396 e. The summed E-state index contributed by atoms with van der Waals surface area (Å²) in [7, 11) is 0. The Kier molecular flexibility index (Phi) is 7.57. The number of carbonyl (C=O) groups is 1. The zero-order valence-electron chi connectivity index (χ0n) is 19.7. The fraction of sp³-hybridized carbons (Fsp3) is 0.500. The average Bonchev–Trinajstić information content (AvgIpc) is 3.08. The van der Waals surface area contributed by atoms with Crippen LogP contribution in [0.15, 0.2) is 42.5 Å². The molecule has 1 saturated carbocycles. The standard InChI is InChI=1S/C28H32Cl2N2O2/c1-17-3-9-22(20-5-7-21(29)8-6-20)23(24-10-4-19(16-31)15-25(24)30)11-12-28(13-14-33)26(17)18(2)32-27(28)34/h4-8,10,15,17-18,22-23,26,33H,3,9,11-14H2,1-2H3,(H,32,34)/t17-,18-,22-,23-,26?,28+/m1/s1. The maximum absolute atomic E-state index is 13.3. The van der Waals surface area contributed by atoms with Crippen LogP contribution in [-0.2, 0) is 4.79 Å². The zero-order chi connectivity index (χ0) is 24.5. The van der Waals surface area contributed by atoms with Crippen LogP contribution in [0.25, 0.3) is 0 Å². The Morgan fingerprint density at radius 1 is 1.09 bits per heavy atom. The molecule has 1 unspecified atom stereocenters. The smallest absolute Gasteiger partial charge is 0.226 e. The van der Waals surface area contributed by atoms with Crippen molar-refractivity contribution in [3.63, 3.8) is 0 Å². The number of rotatable bonds is 4. The van der Waals surface area contributed by atoms with Gasteiger partial charge in [0, 0.05) is 22.7 Å². The lowest BCUT2D eigenvalue weighted by Crippen LogP contribution is -2.39. The number of nitriles is 1. The highest BCUT2D eigenvalue weighted by Crippen LogP contribution is 2.54. The number of fused-ring (bicyclic) bond motifs is 1. The molecule has 6 heteroatoms. The first kappa shape index (κ1) is 25.0. The Hall–Kier alpha value is -2.06. The molecule has 2 aromatic rings. The van der Waals surface area contributed by atoms with Gasteiger partial charge in [0.15, 0.2) is 0 Å². The number of nitrogens with one attached hydrogen (secondary N) is 1. The van der Waals surface area contributed by atoms with Crippen molar-refractivity contribution in [2.75, 3.05) is 6.61 Å². The van der Waals surface area contributed by atoms with E-state index >= 15 is 0 Å². The van der Waals surface area contributed by atoms with E-state index in [2.05, 4.69) is 37.4 Å². The number of benzene rings is 2. The fourth-order valence-corrected chi connectivity index (χ4v) is 7.26. The third-order valence-electron chi connectivity index (χ3n) is 8.31.